The number of carbonyl (C=O) groups excluding carboxylic acids is 3. The largest absolute Gasteiger partial charge is 0.492 e. The van der Waals surface area contributed by atoms with Crippen LogP contribution in [-0.2, 0) is 0 Å². The third-order valence-corrected chi connectivity index (χ3v) is 10.2. The molecule has 1 saturated heterocycles. The van der Waals surface area contributed by atoms with Crippen LogP contribution in [-0.4, -0.2) is 48.9 Å². The first-order valence-corrected chi connectivity index (χ1v) is 18.0. The van der Waals surface area contributed by atoms with Crippen molar-refractivity contribution in [1.82, 2.24) is 4.90 Å². The maximum atomic E-state index is 14.3. The second-order valence-electron chi connectivity index (χ2n) is 12.5. The zero-order valence-corrected chi connectivity index (χ0v) is 29.2. The molecular weight excluding hydrogens is 675 g/mol. The number of likely N-dealkylation sites (tertiary alicyclic amines) is 1. The molecular formula is C42H37N3O6S. The predicted octanol–water partition coefficient (Wildman–Crippen LogP) is 8.27. The van der Waals surface area contributed by atoms with Gasteiger partial charge in [-0.1, -0.05) is 30.7 Å². The van der Waals surface area contributed by atoms with Crippen molar-refractivity contribution in [2.45, 2.75) is 19.3 Å². The van der Waals surface area contributed by atoms with Gasteiger partial charge in [-0.05, 0) is 122 Å². The molecule has 1 aliphatic heterocycles. The number of piperidine rings is 1. The van der Waals surface area contributed by atoms with E-state index < -0.39 is 11.9 Å². The molecule has 0 saturated carbocycles. The van der Waals surface area contributed by atoms with Gasteiger partial charge in [-0.25, -0.2) is 9.59 Å². The lowest BCUT2D eigenvalue weighted by Crippen LogP contribution is -2.33. The fourth-order valence-corrected chi connectivity index (χ4v) is 7.49. The second-order valence-corrected chi connectivity index (χ2v) is 13.6. The Hall–Kier alpha value is -5.97. The molecule has 4 N–H and O–H groups in total. The van der Waals surface area contributed by atoms with E-state index in [4.69, 9.17) is 25.7 Å². The third kappa shape index (κ3) is 7.68. The number of nitrogens with two attached hydrogens (primary N) is 2. The van der Waals surface area contributed by atoms with Crippen LogP contribution in [0.4, 0.5) is 11.4 Å². The highest BCUT2D eigenvalue weighted by Gasteiger charge is 2.23. The highest BCUT2D eigenvalue weighted by atomic mass is 32.1. The number of thiophene rings is 1. The summed E-state index contributed by atoms with van der Waals surface area (Å²) in [6.07, 6.45) is 3.75. The summed E-state index contributed by atoms with van der Waals surface area (Å²) in [5.74, 6) is 0.0418. The van der Waals surface area contributed by atoms with Crippen LogP contribution in [0, 0.1) is 0 Å². The van der Waals surface area contributed by atoms with Gasteiger partial charge in [0.05, 0.1) is 11.1 Å². The van der Waals surface area contributed by atoms with E-state index in [2.05, 4.69) is 4.90 Å². The van der Waals surface area contributed by atoms with Crippen LogP contribution >= 0.6 is 11.3 Å². The quantitative estimate of drug-likeness (QED) is 0.0590. The molecule has 6 aromatic rings. The summed E-state index contributed by atoms with van der Waals surface area (Å²) < 4.78 is 18.1. The molecule has 0 unspecified atom stereocenters. The van der Waals surface area contributed by atoms with Gasteiger partial charge in [0.1, 0.15) is 23.9 Å². The predicted molar refractivity (Wildman–Crippen MR) is 205 cm³/mol. The Morgan fingerprint density at radius 2 is 1.23 bits per heavy atom. The molecule has 1 fully saturated rings. The number of carbonyl (C=O) groups is 3. The number of para-hydroxylation sites is 2. The van der Waals surface area contributed by atoms with Crippen LogP contribution in [0.3, 0.4) is 0 Å². The number of benzene rings is 5. The molecule has 52 heavy (non-hydrogen) atoms. The van der Waals surface area contributed by atoms with E-state index >= 15 is 0 Å². The number of hydrogen-bond acceptors (Lipinski definition) is 10. The van der Waals surface area contributed by atoms with Crippen molar-refractivity contribution in [2.24, 2.45) is 0 Å². The molecule has 0 bridgehead atoms. The fourth-order valence-electron chi connectivity index (χ4n) is 6.26. The van der Waals surface area contributed by atoms with Crippen LogP contribution < -0.4 is 25.7 Å². The van der Waals surface area contributed by atoms with E-state index in [1.54, 1.807) is 103 Å². The lowest BCUT2D eigenvalue weighted by Gasteiger charge is -2.26. The van der Waals surface area contributed by atoms with Crippen molar-refractivity contribution < 1.29 is 28.6 Å². The number of nitrogens with zero attached hydrogens (tertiary/aromatic N) is 1. The average molecular weight is 712 g/mol. The Balaban J connectivity index is 1.17. The molecule has 0 aliphatic carbocycles. The van der Waals surface area contributed by atoms with Crippen molar-refractivity contribution in [3.63, 3.8) is 0 Å². The third-order valence-electron chi connectivity index (χ3n) is 9.03. The Morgan fingerprint density at radius 3 is 1.87 bits per heavy atom. The van der Waals surface area contributed by atoms with Gasteiger partial charge in [0.15, 0.2) is 5.78 Å². The van der Waals surface area contributed by atoms with E-state index in [0.717, 1.165) is 29.9 Å². The van der Waals surface area contributed by atoms with Crippen molar-refractivity contribution in [1.29, 1.82) is 0 Å². The Labute approximate surface area is 305 Å². The smallest absolute Gasteiger partial charge is 0.345 e. The Kier molecular flexibility index (Phi) is 10.3. The van der Waals surface area contributed by atoms with Crippen LogP contribution in [0.2, 0.25) is 0 Å². The van der Waals surface area contributed by atoms with E-state index in [0.29, 0.717) is 56.6 Å². The minimum absolute atomic E-state index is 0.169. The lowest BCUT2D eigenvalue weighted by atomic mass is 9.97. The highest BCUT2D eigenvalue weighted by Crippen LogP contribution is 2.42. The molecule has 0 atom stereocenters. The summed E-state index contributed by atoms with van der Waals surface area (Å²) in [5, 5.41) is 0.709. The molecule has 7 rings (SSSR count). The number of nitrogen functional groups attached to an aromatic ring is 2. The maximum absolute atomic E-state index is 14.3. The number of anilines is 2. The lowest BCUT2D eigenvalue weighted by molar-refractivity contribution is 0.0726. The van der Waals surface area contributed by atoms with Gasteiger partial charge in [0, 0.05) is 44.0 Å². The second kappa shape index (κ2) is 15.5. The first-order chi connectivity index (χ1) is 25.3. The molecule has 1 aromatic heterocycles. The van der Waals surface area contributed by atoms with Gasteiger partial charge in [0.2, 0.25) is 0 Å². The fraction of sp³-hybridized carbons (Fsp3) is 0.167. The number of hydrogen-bond donors (Lipinski definition) is 2. The topological polar surface area (TPSA) is 134 Å². The van der Waals surface area contributed by atoms with Gasteiger partial charge >= 0.3 is 11.9 Å². The van der Waals surface area contributed by atoms with Crippen LogP contribution in [0.1, 0.15) is 55.9 Å². The van der Waals surface area contributed by atoms with Crippen molar-refractivity contribution in [3.05, 3.63) is 138 Å². The first kappa shape index (κ1) is 34.5. The van der Waals surface area contributed by atoms with Gasteiger partial charge in [0.25, 0.3) is 0 Å². The molecule has 9 nitrogen and oxygen atoms in total. The molecule has 0 radical (unpaired) electrons. The summed E-state index contributed by atoms with van der Waals surface area (Å²) in [7, 11) is 0. The Bertz CT molecular complexity index is 2240. The van der Waals surface area contributed by atoms with E-state index in [9.17, 15) is 14.4 Å². The molecule has 2 heterocycles. The average Bonchev–Trinajstić information content (AvgIpc) is 3.54. The van der Waals surface area contributed by atoms with E-state index in [1.165, 1.54) is 30.6 Å². The van der Waals surface area contributed by atoms with Gasteiger partial charge in [-0.15, -0.1) is 11.3 Å². The first-order valence-electron chi connectivity index (χ1n) is 17.1. The summed E-state index contributed by atoms with van der Waals surface area (Å²) in [6, 6.07) is 32.8. The maximum Gasteiger partial charge on any atom is 0.345 e. The summed E-state index contributed by atoms with van der Waals surface area (Å²) in [5.41, 5.74) is 14.9. The van der Waals surface area contributed by atoms with Gasteiger partial charge in [-0.3, -0.25) is 9.69 Å². The van der Waals surface area contributed by atoms with Gasteiger partial charge in [-0.2, -0.15) is 0 Å². The molecule has 1 aliphatic rings. The Morgan fingerprint density at radius 1 is 0.654 bits per heavy atom. The number of esters is 2. The SMILES string of the molecule is Nc1ccccc1C(=O)Oc1ccc(-c2sc3cc(OC(=O)c4ccccc4N)ccc3c2C(=O)c2ccc(OCCN3CCCCC3)cc2)cc1. The number of ketones is 1. The molecule has 0 amide bonds. The minimum atomic E-state index is -0.578. The molecule has 10 heteroatoms. The van der Waals surface area contributed by atoms with Gasteiger partial charge < -0.3 is 25.7 Å². The van der Waals surface area contributed by atoms with Crippen molar-refractivity contribution in [3.8, 4) is 27.7 Å². The number of rotatable bonds is 11. The monoisotopic (exact) mass is 711 g/mol. The molecule has 262 valence electrons. The van der Waals surface area contributed by atoms with Crippen LogP contribution in [0.25, 0.3) is 20.5 Å². The van der Waals surface area contributed by atoms with Crippen LogP contribution in [0.15, 0.2) is 115 Å². The molecule has 5 aromatic carbocycles. The van der Waals surface area contributed by atoms with Crippen LogP contribution in [0.5, 0.6) is 17.2 Å². The van der Waals surface area contributed by atoms with Crippen molar-refractivity contribution >= 4 is 50.5 Å². The zero-order chi connectivity index (χ0) is 36.0. The zero-order valence-electron chi connectivity index (χ0n) is 28.4. The number of ether oxygens (including phenoxy) is 3. The standard InChI is InChI=1S/C42H37N3O6S/c43-35-10-4-2-8-32(35)41(47)50-30-18-14-28(15-19-30)40-38(39(46)27-12-16-29(17-13-27)49-25-24-45-22-6-1-7-23-45)34-21-20-31(26-37(34)52-40)51-42(48)33-9-3-5-11-36(33)44/h2-5,8-21,26H,1,6-7,22-25,43-44H2. The highest BCUT2D eigenvalue weighted by molar-refractivity contribution is 7.22. The molecule has 0 spiro atoms. The van der Waals surface area contributed by atoms with Crippen molar-refractivity contribution in [2.75, 3.05) is 37.7 Å². The summed E-state index contributed by atoms with van der Waals surface area (Å²) in [6.45, 7) is 3.67. The normalized spacial score (nSPS) is 13.1. The summed E-state index contributed by atoms with van der Waals surface area (Å²) >= 11 is 1.40. The summed E-state index contributed by atoms with van der Waals surface area (Å²) in [4.78, 5) is 43.2. The van der Waals surface area contributed by atoms with E-state index in [-0.39, 0.29) is 16.9 Å². The minimum Gasteiger partial charge on any atom is -0.492 e. The number of fused-ring (bicyclic) bond motifs is 1. The van der Waals surface area contributed by atoms with E-state index in [1.807, 2.05) is 12.1 Å².